The second kappa shape index (κ2) is 4.89. The second-order valence-electron chi connectivity index (χ2n) is 3.08. The van der Waals surface area contributed by atoms with Crippen LogP contribution in [-0.2, 0) is 0 Å². The topological polar surface area (TPSA) is 39.4 Å². The van der Waals surface area contributed by atoms with E-state index in [-0.39, 0.29) is 10.0 Å². The van der Waals surface area contributed by atoms with Gasteiger partial charge in [-0.1, -0.05) is 0 Å². The Kier molecular flexibility index (Phi) is 3.81. The molecule has 0 aromatic heterocycles. The Bertz CT molecular complexity index is 435. The maximum Gasteiger partial charge on any atom is 0.157 e. The molecule has 0 atom stereocenters. The van der Waals surface area contributed by atoms with E-state index in [0.717, 1.165) is 0 Å². The molecule has 0 saturated heterocycles. The van der Waals surface area contributed by atoms with Crippen LogP contribution in [0.25, 0.3) is 0 Å². The standard InChI is InChI=1S/C10H9BrFN3/c1-15(2)6-14-9-4-3-8(11)10(12)7(9)5-13/h3-4,6H,1-2H3. The molecule has 78 valence electrons. The Hall–Kier alpha value is -1.41. The van der Waals surface area contributed by atoms with Crippen LogP contribution in [0.3, 0.4) is 0 Å². The van der Waals surface area contributed by atoms with E-state index >= 15 is 0 Å². The van der Waals surface area contributed by atoms with Crippen molar-refractivity contribution < 1.29 is 4.39 Å². The van der Waals surface area contributed by atoms with Gasteiger partial charge in [0.1, 0.15) is 11.6 Å². The lowest BCUT2D eigenvalue weighted by atomic mass is 10.2. The molecule has 0 N–H and O–H groups in total. The molecule has 0 aliphatic carbocycles. The molecule has 1 aromatic rings. The van der Waals surface area contributed by atoms with Crippen molar-refractivity contribution in [2.24, 2.45) is 4.99 Å². The van der Waals surface area contributed by atoms with Gasteiger partial charge in [0.2, 0.25) is 0 Å². The molecule has 1 rings (SSSR count). The summed E-state index contributed by atoms with van der Waals surface area (Å²) in [5.74, 6) is -0.578. The number of benzene rings is 1. The van der Waals surface area contributed by atoms with E-state index in [1.165, 1.54) is 12.4 Å². The first-order valence-corrected chi connectivity index (χ1v) is 4.94. The third-order valence-electron chi connectivity index (χ3n) is 1.61. The molecule has 1 aromatic carbocycles. The highest BCUT2D eigenvalue weighted by atomic mass is 79.9. The van der Waals surface area contributed by atoms with Gasteiger partial charge in [0.05, 0.1) is 16.5 Å². The van der Waals surface area contributed by atoms with E-state index in [0.29, 0.717) is 5.69 Å². The van der Waals surface area contributed by atoms with E-state index in [1.54, 1.807) is 31.1 Å². The van der Waals surface area contributed by atoms with Crippen molar-refractivity contribution in [3.8, 4) is 6.07 Å². The van der Waals surface area contributed by atoms with Crippen LogP contribution in [0, 0.1) is 17.1 Å². The summed E-state index contributed by atoms with van der Waals surface area (Å²) in [6.45, 7) is 0. The molecule has 0 amide bonds. The van der Waals surface area contributed by atoms with Gasteiger partial charge in [-0.3, -0.25) is 0 Å². The normalized spacial score (nSPS) is 10.3. The molecule has 15 heavy (non-hydrogen) atoms. The third-order valence-corrected chi connectivity index (χ3v) is 2.22. The van der Waals surface area contributed by atoms with Crippen LogP contribution < -0.4 is 0 Å². The fraction of sp³-hybridized carbons (Fsp3) is 0.200. The summed E-state index contributed by atoms with van der Waals surface area (Å²) in [5.41, 5.74) is 0.273. The number of nitriles is 1. The molecule has 0 radical (unpaired) electrons. The minimum atomic E-state index is -0.578. The molecule has 0 saturated carbocycles. The second-order valence-corrected chi connectivity index (χ2v) is 3.93. The number of rotatable bonds is 2. The van der Waals surface area contributed by atoms with Gasteiger partial charge in [0.15, 0.2) is 5.82 Å². The fourth-order valence-corrected chi connectivity index (χ4v) is 1.26. The van der Waals surface area contributed by atoms with E-state index in [9.17, 15) is 4.39 Å². The van der Waals surface area contributed by atoms with E-state index < -0.39 is 5.82 Å². The molecule has 5 heteroatoms. The highest BCUT2D eigenvalue weighted by Crippen LogP contribution is 2.26. The molecule has 0 spiro atoms. The monoisotopic (exact) mass is 269 g/mol. The van der Waals surface area contributed by atoms with Gasteiger partial charge < -0.3 is 4.90 Å². The summed E-state index contributed by atoms with van der Waals surface area (Å²) in [5, 5.41) is 8.79. The Balaban J connectivity index is 3.21. The Morgan fingerprint density at radius 1 is 1.53 bits per heavy atom. The molecular formula is C10H9BrFN3. The molecule has 0 aliphatic rings. The minimum Gasteiger partial charge on any atom is -0.369 e. The summed E-state index contributed by atoms with van der Waals surface area (Å²) in [6, 6.07) is 4.91. The largest absolute Gasteiger partial charge is 0.369 e. The van der Waals surface area contributed by atoms with E-state index in [1.807, 2.05) is 0 Å². The van der Waals surface area contributed by atoms with Crippen molar-refractivity contribution in [1.29, 1.82) is 5.26 Å². The zero-order valence-electron chi connectivity index (χ0n) is 8.33. The van der Waals surface area contributed by atoms with Crippen LogP contribution in [0.1, 0.15) is 5.56 Å². The van der Waals surface area contributed by atoms with Crippen molar-refractivity contribution in [1.82, 2.24) is 4.90 Å². The van der Waals surface area contributed by atoms with E-state index in [4.69, 9.17) is 5.26 Å². The summed E-state index contributed by atoms with van der Waals surface area (Å²) < 4.78 is 13.7. The van der Waals surface area contributed by atoms with Crippen LogP contribution in [0.5, 0.6) is 0 Å². The average Bonchev–Trinajstić information content (AvgIpc) is 2.19. The first kappa shape index (κ1) is 11.7. The lowest BCUT2D eigenvalue weighted by molar-refractivity contribution is 0.617. The van der Waals surface area contributed by atoms with Crippen LogP contribution in [0.2, 0.25) is 0 Å². The van der Waals surface area contributed by atoms with Gasteiger partial charge in [-0.05, 0) is 28.1 Å². The average molecular weight is 270 g/mol. The number of halogens is 2. The summed E-state index contributed by atoms with van der Waals surface area (Å²) in [4.78, 5) is 5.71. The quantitative estimate of drug-likeness (QED) is 0.612. The zero-order valence-corrected chi connectivity index (χ0v) is 9.92. The Morgan fingerprint density at radius 3 is 2.73 bits per heavy atom. The van der Waals surface area contributed by atoms with Crippen molar-refractivity contribution in [2.45, 2.75) is 0 Å². The van der Waals surface area contributed by atoms with Crippen molar-refractivity contribution in [3.63, 3.8) is 0 Å². The van der Waals surface area contributed by atoms with Crippen molar-refractivity contribution >= 4 is 28.0 Å². The number of aliphatic imine (C=N–C) groups is 1. The first-order valence-electron chi connectivity index (χ1n) is 4.15. The molecular weight excluding hydrogens is 261 g/mol. The minimum absolute atomic E-state index is 0.0533. The van der Waals surface area contributed by atoms with Gasteiger partial charge in [0, 0.05) is 14.1 Å². The highest BCUT2D eigenvalue weighted by Gasteiger charge is 2.10. The lowest BCUT2D eigenvalue weighted by Gasteiger charge is -2.04. The van der Waals surface area contributed by atoms with Gasteiger partial charge in [-0.25, -0.2) is 9.38 Å². The molecule has 3 nitrogen and oxygen atoms in total. The van der Waals surface area contributed by atoms with Crippen molar-refractivity contribution in [2.75, 3.05) is 14.1 Å². The number of nitrogens with zero attached hydrogens (tertiary/aromatic N) is 3. The molecule has 0 unspecified atom stereocenters. The van der Waals surface area contributed by atoms with Crippen LogP contribution in [-0.4, -0.2) is 25.3 Å². The van der Waals surface area contributed by atoms with Crippen LogP contribution >= 0.6 is 15.9 Å². The summed E-state index contributed by atoms with van der Waals surface area (Å²) >= 11 is 3.01. The lowest BCUT2D eigenvalue weighted by Crippen LogP contribution is -2.07. The van der Waals surface area contributed by atoms with Gasteiger partial charge in [-0.15, -0.1) is 0 Å². The van der Waals surface area contributed by atoms with Gasteiger partial charge in [0.25, 0.3) is 0 Å². The fourth-order valence-electron chi connectivity index (χ4n) is 0.932. The third kappa shape index (κ3) is 2.77. The predicted molar refractivity (Wildman–Crippen MR) is 60.7 cm³/mol. The molecule has 0 bridgehead atoms. The molecule has 0 heterocycles. The Labute approximate surface area is 96.0 Å². The maximum absolute atomic E-state index is 13.4. The first-order chi connectivity index (χ1) is 7.06. The van der Waals surface area contributed by atoms with Crippen LogP contribution in [0.15, 0.2) is 21.6 Å². The molecule has 0 aliphatic heterocycles. The van der Waals surface area contributed by atoms with Gasteiger partial charge >= 0.3 is 0 Å². The predicted octanol–water partition coefficient (Wildman–Crippen LogP) is 2.68. The van der Waals surface area contributed by atoms with E-state index in [2.05, 4.69) is 20.9 Å². The maximum atomic E-state index is 13.4. The number of hydrogen-bond acceptors (Lipinski definition) is 2. The zero-order chi connectivity index (χ0) is 11.4. The van der Waals surface area contributed by atoms with Gasteiger partial charge in [-0.2, -0.15) is 5.26 Å². The smallest absolute Gasteiger partial charge is 0.157 e. The molecule has 0 fully saturated rings. The van der Waals surface area contributed by atoms with Crippen LogP contribution in [0.4, 0.5) is 10.1 Å². The highest BCUT2D eigenvalue weighted by molar-refractivity contribution is 9.10. The summed E-state index contributed by atoms with van der Waals surface area (Å²) in [7, 11) is 3.59. The SMILES string of the molecule is CN(C)C=Nc1ccc(Br)c(F)c1C#N. The number of hydrogen-bond donors (Lipinski definition) is 0. The van der Waals surface area contributed by atoms with Crippen molar-refractivity contribution in [3.05, 3.63) is 28.0 Å². The summed E-state index contributed by atoms with van der Waals surface area (Å²) in [6.07, 6.45) is 1.52. The Morgan fingerprint density at radius 2 is 2.20 bits per heavy atom.